The van der Waals surface area contributed by atoms with E-state index in [4.69, 9.17) is 10.5 Å². The first-order valence-corrected chi connectivity index (χ1v) is 7.32. The van der Waals surface area contributed by atoms with Crippen LogP contribution in [0.4, 0.5) is 5.69 Å². The SMILES string of the molecule is CCCCOCCN(C(=O)CN)c1ccc(Br)cc1.Cl. The Hall–Kier alpha value is -0.620. The largest absolute Gasteiger partial charge is 0.380 e. The van der Waals surface area contributed by atoms with Crippen LogP contribution < -0.4 is 10.6 Å². The van der Waals surface area contributed by atoms with Gasteiger partial charge >= 0.3 is 0 Å². The lowest BCUT2D eigenvalue weighted by molar-refractivity contribution is -0.117. The number of hydrogen-bond donors (Lipinski definition) is 1. The van der Waals surface area contributed by atoms with E-state index < -0.39 is 0 Å². The van der Waals surface area contributed by atoms with Crippen molar-refractivity contribution in [2.75, 3.05) is 31.2 Å². The number of amides is 1. The van der Waals surface area contributed by atoms with Crippen LogP contribution in [-0.2, 0) is 9.53 Å². The van der Waals surface area contributed by atoms with E-state index >= 15 is 0 Å². The molecule has 0 fully saturated rings. The Labute approximate surface area is 135 Å². The smallest absolute Gasteiger partial charge is 0.240 e. The number of hydrogen-bond acceptors (Lipinski definition) is 3. The number of halogens is 2. The van der Waals surface area contributed by atoms with E-state index in [1.54, 1.807) is 4.90 Å². The van der Waals surface area contributed by atoms with Gasteiger partial charge in [-0.15, -0.1) is 12.4 Å². The summed E-state index contributed by atoms with van der Waals surface area (Å²) in [5, 5.41) is 0. The first-order chi connectivity index (χ1) is 9.19. The summed E-state index contributed by atoms with van der Waals surface area (Å²) in [6.07, 6.45) is 2.15. The normalized spacial score (nSPS) is 9.95. The summed E-state index contributed by atoms with van der Waals surface area (Å²) in [5.41, 5.74) is 6.30. The number of unbranched alkanes of at least 4 members (excludes halogenated alkanes) is 1. The lowest BCUT2D eigenvalue weighted by Gasteiger charge is -2.22. The molecule has 1 aromatic rings. The van der Waals surface area contributed by atoms with Crippen molar-refractivity contribution in [3.8, 4) is 0 Å². The summed E-state index contributed by atoms with van der Waals surface area (Å²) in [6.45, 7) is 3.92. The van der Waals surface area contributed by atoms with Crippen LogP contribution in [0.25, 0.3) is 0 Å². The van der Waals surface area contributed by atoms with Gasteiger partial charge in [0.05, 0.1) is 13.2 Å². The molecule has 114 valence electrons. The van der Waals surface area contributed by atoms with E-state index in [-0.39, 0.29) is 24.9 Å². The van der Waals surface area contributed by atoms with Gasteiger partial charge in [-0.1, -0.05) is 29.3 Å². The summed E-state index contributed by atoms with van der Waals surface area (Å²) in [5.74, 6) is -0.0959. The maximum atomic E-state index is 11.9. The van der Waals surface area contributed by atoms with Gasteiger partial charge in [0.25, 0.3) is 0 Å². The van der Waals surface area contributed by atoms with Crippen molar-refractivity contribution in [3.05, 3.63) is 28.7 Å². The lowest BCUT2D eigenvalue weighted by atomic mass is 10.3. The monoisotopic (exact) mass is 364 g/mol. The quantitative estimate of drug-likeness (QED) is 0.721. The highest BCUT2D eigenvalue weighted by Crippen LogP contribution is 2.18. The fourth-order valence-corrected chi connectivity index (χ4v) is 1.90. The molecule has 0 saturated carbocycles. The Kier molecular flexibility index (Phi) is 10.7. The van der Waals surface area contributed by atoms with Crippen molar-refractivity contribution >= 4 is 39.9 Å². The van der Waals surface area contributed by atoms with Gasteiger partial charge in [0.15, 0.2) is 0 Å². The number of carbonyl (C=O) groups excluding carboxylic acids is 1. The Morgan fingerprint density at radius 1 is 1.30 bits per heavy atom. The lowest BCUT2D eigenvalue weighted by Crippen LogP contribution is -2.38. The van der Waals surface area contributed by atoms with Gasteiger partial charge < -0.3 is 15.4 Å². The first-order valence-electron chi connectivity index (χ1n) is 6.52. The summed E-state index contributed by atoms with van der Waals surface area (Å²) in [7, 11) is 0. The number of carbonyl (C=O) groups is 1. The van der Waals surface area contributed by atoms with E-state index in [0.717, 1.165) is 29.6 Å². The van der Waals surface area contributed by atoms with Crippen molar-refractivity contribution < 1.29 is 9.53 Å². The number of benzene rings is 1. The molecule has 0 aliphatic rings. The third-order valence-electron chi connectivity index (χ3n) is 2.72. The fraction of sp³-hybridized carbons (Fsp3) is 0.500. The predicted molar refractivity (Wildman–Crippen MR) is 88.5 cm³/mol. The third-order valence-corrected chi connectivity index (χ3v) is 3.24. The number of ether oxygens (including phenoxy) is 1. The number of nitrogens with two attached hydrogens (primary N) is 1. The molecule has 2 N–H and O–H groups in total. The van der Waals surface area contributed by atoms with Gasteiger partial charge in [-0.05, 0) is 30.7 Å². The molecule has 0 bridgehead atoms. The van der Waals surface area contributed by atoms with Gasteiger partial charge in [-0.3, -0.25) is 4.79 Å². The molecule has 1 rings (SSSR count). The summed E-state index contributed by atoms with van der Waals surface area (Å²) < 4.78 is 6.48. The molecular formula is C14H22BrClN2O2. The van der Waals surface area contributed by atoms with E-state index in [2.05, 4.69) is 22.9 Å². The van der Waals surface area contributed by atoms with Crippen molar-refractivity contribution in [1.29, 1.82) is 0 Å². The molecule has 0 spiro atoms. The first kappa shape index (κ1) is 19.4. The minimum absolute atomic E-state index is 0. The molecule has 0 aliphatic heterocycles. The molecule has 0 aromatic heterocycles. The summed E-state index contributed by atoms with van der Waals surface area (Å²) in [4.78, 5) is 13.5. The van der Waals surface area contributed by atoms with Crippen LogP contribution in [0.5, 0.6) is 0 Å². The zero-order valence-electron chi connectivity index (χ0n) is 11.7. The Balaban J connectivity index is 0.00000361. The molecule has 20 heavy (non-hydrogen) atoms. The van der Waals surface area contributed by atoms with Crippen LogP contribution >= 0.6 is 28.3 Å². The maximum absolute atomic E-state index is 11.9. The molecule has 0 saturated heterocycles. The van der Waals surface area contributed by atoms with Crippen LogP contribution in [0.15, 0.2) is 28.7 Å². The average molecular weight is 366 g/mol. The van der Waals surface area contributed by atoms with Crippen LogP contribution in [0.2, 0.25) is 0 Å². The molecule has 0 aliphatic carbocycles. The molecule has 0 radical (unpaired) electrons. The summed E-state index contributed by atoms with van der Waals surface area (Å²) in [6, 6.07) is 7.60. The fourth-order valence-electron chi connectivity index (χ4n) is 1.63. The molecule has 1 amide bonds. The Bertz CT molecular complexity index is 387. The molecule has 0 heterocycles. The van der Waals surface area contributed by atoms with Gasteiger partial charge in [-0.2, -0.15) is 0 Å². The van der Waals surface area contributed by atoms with E-state index in [9.17, 15) is 4.79 Å². The van der Waals surface area contributed by atoms with Gasteiger partial charge in [0.1, 0.15) is 0 Å². The minimum Gasteiger partial charge on any atom is -0.380 e. The van der Waals surface area contributed by atoms with Crippen molar-refractivity contribution in [3.63, 3.8) is 0 Å². The molecule has 6 heteroatoms. The highest BCUT2D eigenvalue weighted by molar-refractivity contribution is 9.10. The van der Waals surface area contributed by atoms with E-state index in [0.29, 0.717) is 13.2 Å². The molecule has 4 nitrogen and oxygen atoms in total. The second kappa shape index (κ2) is 11.1. The Morgan fingerprint density at radius 2 is 1.95 bits per heavy atom. The third kappa shape index (κ3) is 6.70. The van der Waals surface area contributed by atoms with Crippen LogP contribution in [0, 0.1) is 0 Å². The van der Waals surface area contributed by atoms with Crippen molar-refractivity contribution in [2.24, 2.45) is 5.73 Å². The van der Waals surface area contributed by atoms with Gasteiger partial charge in [0.2, 0.25) is 5.91 Å². The molecule has 1 aromatic carbocycles. The average Bonchev–Trinajstić information content (AvgIpc) is 2.43. The highest BCUT2D eigenvalue weighted by atomic mass is 79.9. The Morgan fingerprint density at radius 3 is 2.50 bits per heavy atom. The van der Waals surface area contributed by atoms with Crippen molar-refractivity contribution in [2.45, 2.75) is 19.8 Å². The van der Waals surface area contributed by atoms with Crippen molar-refractivity contribution in [1.82, 2.24) is 0 Å². The van der Waals surface area contributed by atoms with E-state index in [1.807, 2.05) is 24.3 Å². The zero-order valence-corrected chi connectivity index (χ0v) is 14.1. The second-order valence-electron chi connectivity index (χ2n) is 4.19. The zero-order chi connectivity index (χ0) is 14.1. The highest BCUT2D eigenvalue weighted by Gasteiger charge is 2.13. The standard InChI is InChI=1S/C14H21BrN2O2.ClH/c1-2-3-9-19-10-8-17(14(18)11-16)13-6-4-12(15)5-7-13;/h4-7H,2-3,8-11,16H2,1H3;1H. The van der Waals surface area contributed by atoms with Gasteiger partial charge in [0, 0.05) is 23.3 Å². The van der Waals surface area contributed by atoms with E-state index in [1.165, 1.54) is 0 Å². The maximum Gasteiger partial charge on any atom is 0.240 e. The number of anilines is 1. The molecule has 0 atom stereocenters. The number of nitrogens with zero attached hydrogens (tertiary/aromatic N) is 1. The van der Waals surface area contributed by atoms with Crippen LogP contribution in [0.1, 0.15) is 19.8 Å². The molecular weight excluding hydrogens is 344 g/mol. The number of rotatable bonds is 8. The minimum atomic E-state index is -0.0959. The predicted octanol–water partition coefficient (Wildman–Crippen LogP) is 2.98. The van der Waals surface area contributed by atoms with Gasteiger partial charge in [-0.25, -0.2) is 0 Å². The topological polar surface area (TPSA) is 55.6 Å². The van der Waals surface area contributed by atoms with Crippen LogP contribution in [-0.4, -0.2) is 32.2 Å². The summed E-state index contributed by atoms with van der Waals surface area (Å²) >= 11 is 3.38. The second-order valence-corrected chi connectivity index (χ2v) is 5.11. The molecule has 0 unspecified atom stereocenters. The van der Waals surface area contributed by atoms with Crippen LogP contribution in [0.3, 0.4) is 0 Å².